The Morgan fingerprint density at radius 2 is 1.88 bits per heavy atom. The van der Waals surface area contributed by atoms with Crippen molar-refractivity contribution in [3.05, 3.63) is 47.5 Å². The van der Waals surface area contributed by atoms with Gasteiger partial charge < -0.3 is 19.1 Å². The highest BCUT2D eigenvalue weighted by atomic mass is 16.7. The van der Waals surface area contributed by atoms with E-state index in [1.54, 1.807) is 0 Å². The summed E-state index contributed by atoms with van der Waals surface area (Å²) in [5, 5.41) is 0. The van der Waals surface area contributed by atoms with E-state index < -0.39 is 0 Å². The van der Waals surface area contributed by atoms with E-state index in [1.165, 1.54) is 29.7 Å². The number of rotatable bonds is 2. The summed E-state index contributed by atoms with van der Waals surface area (Å²) in [6.07, 6.45) is 3.84. The smallest absolute Gasteiger partial charge is 0.231 e. The number of fused-ring (bicyclic) bond motifs is 2. The first-order valence-electron chi connectivity index (χ1n) is 9.19. The van der Waals surface area contributed by atoms with Gasteiger partial charge in [-0.25, -0.2) is 0 Å². The zero-order valence-electron chi connectivity index (χ0n) is 14.5. The Morgan fingerprint density at radius 3 is 2.76 bits per heavy atom. The molecular formula is C21H23NO3. The maximum absolute atomic E-state index is 5.98. The Labute approximate surface area is 148 Å². The van der Waals surface area contributed by atoms with Gasteiger partial charge in [0.1, 0.15) is 0 Å². The van der Waals surface area contributed by atoms with Gasteiger partial charge in [-0.15, -0.1) is 0 Å². The first-order valence-corrected chi connectivity index (χ1v) is 9.19. The van der Waals surface area contributed by atoms with Crippen LogP contribution in [0.4, 0.5) is 11.4 Å². The van der Waals surface area contributed by atoms with Gasteiger partial charge in [0, 0.05) is 30.4 Å². The summed E-state index contributed by atoms with van der Waals surface area (Å²) in [6.45, 7) is 4.03. The van der Waals surface area contributed by atoms with E-state index in [2.05, 4.69) is 42.2 Å². The maximum atomic E-state index is 5.98. The lowest BCUT2D eigenvalue weighted by Crippen LogP contribution is -2.29. The molecule has 4 heteroatoms. The van der Waals surface area contributed by atoms with Crippen LogP contribution in [0.5, 0.6) is 11.5 Å². The van der Waals surface area contributed by atoms with Gasteiger partial charge in [-0.3, -0.25) is 0 Å². The van der Waals surface area contributed by atoms with Gasteiger partial charge in [-0.2, -0.15) is 0 Å². The highest BCUT2D eigenvalue weighted by Gasteiger charge is 2.27. The predicted molar refractivity (Wildman–Crippen MR) is 97.1 cm³/mol. The Hall–Kier alpha value is -2.20. The fourth-order valence-electron chi connectivity index (χ4n) is 3.83. The number of hydrogen-bond acceptors (Lipinski definition) is 4. The van der Waals surface area contributed by atoms with Crippen molar-refractivity contribution in [1.29, 1.82) is 0 Å². The molecule has 5 rings (SSSR count). The first kappa shape index (κ1) is 15.1. The maximum Gasteiger partial charge on any atom is 0.231 e. The molecule has 1 atom stereocenters. The highest BCUT2D eigenvalue weighted by Crippen LogP contribution is 2.44. The Morgan fingerprint density at radius 1 is 1.00 bits per heavy atom. The van der Waals surface area contributed by atoms with Gasteiger partial charge >= 0.3 is 0 Å². The monoisotopic (exact) mass is 337 g/mol. The molecule has 4 nitrogen and oxygen atoms in total. The zero-order valence-corrected chi connectivity index (χ0v) is 14.5. The average molecular weight is 337 g/mol. The number of benzene rings is 2. The minimum atomic E-state index is 0.254. The third-order valence-corrected chi connectivity index (χ3v) is 5.34. The molecule has 130 valence electrons. The molecule has 0 N–H and O–H groups in total. The molecule has 0 amide bonds. The molecule has 2 aromatic rings. The van der Waals surface area contributed by atoms with Crippen molar-refractivity contribution >= 4 is 11.4 Å². The van der Waals surface area contributed by atoms with Gasteiger partial charge in [-0.1, -0.05) is 12.1 Å². The average Bonchev–Trinajstić information content (AvgIpc) is 3.35. The molecular weight excluding hydrogens is 314 g/mol. The van der Waals surface area contributed by atoms with Crippen LogP contribution in [0.3, 0.4) is 0 Å². The van der Waals surface area contributed by atoms with Crippen LogP contribution in [0.1, 0.15) is 36.8 Å². The lowest BCUT2D eigenvalue weighted by atomic mass is 9.99. The van der Waals surface area contributed by atoms with Crippen LogP contribution in [0.25, 0.3) is 0 Å². The molecule has 0 bridgehead atoms. The fourth-order valence-corrected chi connectivity index (χ4v) is 3.83. The van der Waals surface area contributed by atoms with Crippen LogP contribution < -0.4 is 14.4 Å². The van der Waals surface area contributed by atoms with Crippen LogP contribution in [0.15, 0.2) is 36.4 Å². The SMILES string of the molecule is CC1Cc2ccc(C3CC3)cc2N(c2ccc3c(c2)OCO3)CCO1. The summed E-state index contributed by atoms with van der Waals surface area (Å²) in [6, 6.07) is 13.2. The van der Waals surface area contributed by atoms with Crippen LogP contribution >= 0.6 is 0 Å². The topological polar surface area (TPSA) is 30.9 Å². The van der Waals surface area contributed by atoms with Crippen molar-refractivity contribution < 1.29 is 14.2 Å². The molecule has 25 heavy (non-hydrogen) atoms. The van der Waals surface area contributed by atoms with Crippen molar-refractivity contribution in [2.24, 2.45) is 0 Å². The minimum absolute atomic E-state index is 0.254. The van der Waals surface area contributed by atoms with E-state index in [0.29, 0.717) is 6.79 Å². The van der Waals surface area contributed by atoms with Crippen molar-refractivity contribution in [3.8, 4) is 11.5 Å². The van der Waals surface area contributed by atoms with Crippen molar-refractivity contribution in [1.82, 2.24) is 0 Å². The molecule has 1 saturated carbocycles. The second-order valence-electron chi connectivity index (χ2n) is 7.24. The van der Waals surface area contributed by atoms with Crippen LogP contribution in [0, 0.1) is 0 Å². The third-order valence-electron chi connectivity index (χ3n) is 5.34. The first-order chi connectivity index (χ1) is 12.3. The van der Waals surface area contributed by atoms with E-state index in [4.69, 9.17) is 14.2 Å². The van der Waals surface area contributed by atoms with Crippen molar-refractivity contribution in [3.63, 3.8) is 0 Å². The van der Waals surface area contributed by atoms with Gasteiger partial charge in [0.2, 0.25) is 6.79 Å². The Bertz CT molecular complexity index is 800. The van der Waals surface area contributed by atoms with E-state index >= 15 is 0 Å². The van der Waals surface area contributed by atoms with Crippen LogP contribution in [0.2, 0.25) is 0 Å². The second-order valence-corrected chi connectivity index (χ2v) is 7.24. The molecule has 0 spiro atoms. The minimum Gasteiger partial charge on any atom is -0.454 e. The normalized spacial score (nSPS) is 22.3. The molecule has 2 aliphatic heterocycles. The van der Waals surface area contributed by atoms with Gasteiger partial charge in [0.05, 0.1) is 12.7 Å². The predicted octanol–water partition coefficient (Wildman–Crippen LogP) is 4.39. The lowest BCUT2D eigenvalue weighted by molar-refractivity contribution is 0.0703. The van der Waals surface area contributed by atoms with Crippen molar-refractivity contribution in [2.75, 3.05) is 24.8 Å². The molecule has 2 heterocycles. The summed E-state index contributed by atoms with van der Waals surface area (Å²) in [5.74, 6) is 2.41. The summed E-state index contributed by atoms with van der Waals surface area (Å²) in [5.41, 5.74) is 5.28. The summed E-state index contributed by atoms with van der Waals surface area (Å²) in [7, 11) is 0. The van der Waals surface area contributed by atoms with E-state index in [0.717, 1.165) is 42.7 Å². The van der Waals surface area contributed by atoms with Gasteiger partial charge in [-0.05, 0) is 55.0 Å². The number of hydrogen-bond donors (Lipinski definition) is 0. The van der Waals surface area contributed by atoms with Gasteiger partial charge in [0.15, 0.2) is 11.5 Å². The highest BCUT2D eigenvalue weighted by molar-refractivity contribution is 5.70. The summed E-state index contributed by atoms with van der Waals surface area (Å²) in [4.78, 5) is 2.37. The third kappa shape index (κ3) is 2.85. The summed E-state index contributed by atoms with van der Waals surface area (Å²) >= 11 is 0. The molecule has 0 saturated heterocycles. The van der Waals surface area contributed by atoms with Crippen molar-refractivity contribution in [2.45, 2.75) is 38.2 Å². The molecule has 1 fully saturated rings. The van der Waals surface area contributed by atoms with Crippen LogP contribution in [-0.4, -0.2) is 26.0 Å². The summed E-state index contributed by atoms with van der Waals surface area (Å²) < 4.78 is 17.0. The number of ether oxygens (including phenoxy) is 3. The molecule has 3 aliphatic rings. The standard InChI is InChI=1S/C21H23NO3/c1-14-10-17-5-4-16(15-2-3-15)11-19(17)22(8-9-23-14)18-6-7-20-21(12-18)25-13-24-20/h4-7,11-12,14-15H,2-3,8-10,13H2,1H3. The zero-order chi connectivity index (χ0) is 16.8. The number of anilines is 2. The quantitative estimate of drug-likeness (QED) is 0.813. The molecule has 0 aromatic heterocycles. The number of nitrogens with zero attached hydrogens (tertiary/aromatic N) is 1. The Kier molecular flexibility index (Phi) is 3.59. The molecule has 1 unspecified atom stereocenters. The second kappa shape index (κ2) is 5.95. The largest absolute Gasteiger partial charge is 0.454 e. The van der Waals surface area contributed by atoms with Crippen LogP contribution in [-0.2, 0) is 11.2 Å². The van der Waals surface area contributed by atoms with E-state index in [1.807, 2.05) is 6.07 Å². The lowest BCUT2D eigenvalue weighted by Gasteiger charge is -2.31. The van der Waals surface area contributed by atoms with E-state index in [9.17, 15) is 0 Å². The fraction of sp³-hybridized carbons (Fsp3) is 0.429. The van der Waals surface area contributed by atoms with E-state index in [-0.39, 0.29) is 6.10 Å². The molecule has 2 aromatic carbocycles. The molecule has 0 radical (unpaired) electrons. The van der Waals surface area contributed by atoms with Gasteiger partial charge in [0.25, 0.3) is 0 Å². The molecule has 1 aliphatic carbocycles. The Balaban J connectivity index is 1.58.